The lowest BCUT2D eigenvalue weighted by Crippen LogP contribution is -2.37. The highest BCUT2D eigenvalue weighted by Crippen LogP contribution is 2.28. The lowest BCUT2D eigenvalue weighted by atomic mass is 10.0. The van der Waals surface area contributed by atoms with E-state index in [2.05, 4.69) is 20.6 Å². The van der Waals surface area contributed by atoms with E-state index in [4.69, 9.17) is 4.42 Å². The summed E-state index contributed by atoms with van der Waals surface area (Å²) in [6, 6.07) is 0. The standard InChI is InChI=1S/C16H28N4O.HI/c1-12-13(2)21-15(20-12)11-19-16(17-3)18-10-6-9-14-7-4-5-8-14;/h14H,4-11H2,1-3H3,(H2,17,18,19);1H. The van der Waals surface area contributed by atoms with Crippen LogP contribution in [0.2, 0.25) is 0 Å². The first-order valence-electron chi connectivity index (χ1n) is 8.06. The SMILES string of the molecule is CN=C(NCCCC1CCCC1)NCc1nc(C)c(C)o1.I. The summed E-state index contributed by atoms with van der Waals surface area (Å²) in [5.74, 6) is 3.36. The maximum absolute atomic E-state index is 5.55. The van der Waals surface area contributed by atoms with Gasteiger partial charge in [0.2, 0.25) is 5.89 Å². The second-order valence-electron chi connectivity index (χ2n) is 5.89. The van der Waals surface area contributed by atoms with Crippen molar-refractivity contribution in [2.24, 2.45) is 10.9 Å². The third kappa shape index (κ3) is 6.14. The van der Waals surface area contributed by atoms with Crippen LogP contribution in [0.15, 0.2) is 9.41 Å². The molecule has 1 aromatic heterocycles. The first-order chi connectivity index (χ1) is 10.2. The number of halogens is 1. The van der Waals surface area contributed by atoms with Crippen LogP contribution in [0.1, 0.15) is 55.9 Å². The predicted octanol–water partition coefficient (Wildman–Crippen LogP) is 3.54. The molecule has 0 aliphatic heterocycles. The Balaban J connectivity index is 0.00000242. The minimum Gasteiger partial charge on any atom is -0.444 e. The highest BCUT2D eigenvalue weighted by Gasteiger charge is 2.14. The van der Waals surface area contributed by atoms with Gasteiger partial charge in [-0.3, -0.25) is 4.99 Å². The molecule has 0 radical (unpaired) electrons. The predicted molar refractivity (Wildman–Crippen MR) is 101 cm³/mol. The Bertz CT molecular complexity index is 447. The quantitative estimate of drug-likeness (QED) is 0.320. The van der Waals surface area contributed by atoms with E-state index < -0.39 is 0 Å². The Labute approximate surface area is 150 Å². The molecule has 2 N–H and O–H groups in total. The van der Waals surface area contributed by atoms with Gasteiger partial charge in [0.05, 0.1) is 12.2 Å². The number of oxazole rings is 1. The molecule has 0 spiro atoms. The van der Waals surface area contributed by atoms with Crippen molar-refractivity contribution in [2.75, 3.05) is 13.6 Å². The molecule has 0 atom stereocenters. The maximum Gasteiger partial charge on any atom is 0.214 e. The molecular weight excluding hydrogens is 391 g/mol. The smallest absolute Gasteiger partial charge is 0.214 e. The van der Waals surface area contributed by atoms with E-state index in [0.717, 1.165) is 29.9 Å². The van der Waals surface area contributed by atoms with Crippen molar-refractivity contribution in [1.29, 1.82) is 0 Å². The van der Waals surface area contributed by atoms with E-state index in [9.17, 15) is 0 Å². The highest BCUT2D eigenvalue weighted by molar-refractivity contribution is 14.0. The Kier molecular flexibility index (Phi) is 8.82. The van der Waals surface area contributed by atoms with E-state index in [1.54, 1.807) is 7.05 Å². The lowest BCUT2D eigenvalue weighted by Gasteiger charge is -2.12. The number of nitrogens with zero attached hydrogens (tertiary/aromatic N) is 2. The van der Waals surface area contributed by atoms with Crippen molar-refractivity contribution in [3.8, 4) is 0 Å². The number of aliphatic imine (C=N–C) groups is 1. The average Bonchev–Trinajstić information content (AvgIpc) is 3.09. The Morgan fingerprint density at radius 1 is 1.27 bits per heavy atom. The van der Waals surface area contributed by atoms with Crippen LogP contribution in [0, 0.1) is 19.8 Å². The molecule has 1 aliphatic rings. The van der Waals surface area contributed by atoms with Crippen LogP contribution >= 0.6 is 24.0 Å². The molecule has 0 saturated heterocycles. The van der Waals surface area contributed by atoms with E-state index in [1.807, 2.05) is 13.8 Å². The van der Waals surface area contributed by atoms with Gasteiger partial charge in [-0.2, -0.15) is 0 Å². The monoisotopic (exact) mass is 420 g/mol. The van der Waals surface area contributed by atoms with Gasteiger partial charge in [-0.25, -0.2) is 4.98 Å². The van der Waals surface area contributed by atoms with Gasteiger partial charge in [-0.05, 0) is 32.6 Å². The molecule has 126 valence electrons. The maximum atomic E-state index is 5.55. The number of aryl methyl sites for hydroxylation is 2. The first kappa shape index (κ1) is 19.3. The summed E-state index contributed by atoms with van der Waals surface area (Å²) in [5, 5.41) is 6.59. The molecular formula is C16H29IN4O. The number of hydrogen-bond acceptors (Lipinski definition) is 3. The fourth-order valence-electron chi connectivity index (χ4n) is 2.89. The van der Waals surface area contributed by atoms with E-state index in [-0.39, 0.29) is 24.0 Å². The molecule has 22 heavy (non-hydrogen) atoms. The van der Waals surface area contributed by atoms with Gasteiger partial charge < -0.3 is 15.1 Å². The molecule has 1 saturated carbocycles. The second-order valence-corrected chi connectivity index (χ2v) is 5.89. The minimum absolute atomic E-state index is 0. The number of aromatic nitrogens is 1. The summed E-state index contributed by atoms with van der Waals surface area (Å²) in [4.78, 5) is 8.58. The molecule has 0 amide bonds. The third-order valence-electron chi connectivity index (χ3n) is 4.26. The van der Waals surface area contributed by atoms with Gasteiger partial charge in [0.1, 0.15) is 5.76 Å². The van der Waals surface area contributed by atoms with Crippen LogP contribution < -0.4 is 10.6 Å². The fourth-order valence-corrected chi connectivity index (χ4v) is 2.89. The number of nitrogens with one attached hydrogen (secondary N) is 2. The summed E-state index contributed by atoms with van der Waals surface area (Å²) in [7, 11) is 1.79. The second kappa shape index (κ2) is 10.1. The molecule has 1 aromatic rings. The van der Waals surface area contributed by atoms with Crippen molar-refractivity contribution in [3.63, 3.8) is 0 Å². The minimum atomic E-state index is 0. The molecule has 1 fully saturated rings. The van der Waals surface area contributed by atoms with E-state index in [1.165, 1.54) is 38.5 Å². The largest absolute Gasteiger partial charge is 0.444 e. The number of rotatable bonds is 6. The van der Waals surface area contributed by atoms with Crippen LogP contribution in [0.5, 0.6) is 0 Å². The highest BCUT2D eigenvalue weighted by atomic mass is 127. The summed E-state index contributed by atoms with van der Waals surface area (Å²) in [6.45, 7) is 5.43. The first-order valence-corrected chi connectivity index (χ1v) is 8.06. The fraction of sp³-hybridized carbons (Fsp3) is 0.750. The Morgan fingerprint density at radius 2 is 2.00 bits per heavy atom. The zero-order chi connectivity index (χ0) is 15.1. The van der Waals surface area contributed by atoms with Crippen molar-refractivity contribution in [1.82, 2.24) is 15.6 Å². The molecule has 1 heterocycles. The van der Waals surface area contributed by atoms with Gasteiger partial charge >= 0.3 is 0 Å². The molecule has 0 bridgehead atoms. The topological polar surface area (TPSA) is 62.5 Å². The number of guanidine groups is 1. The van der Waals surface area contributed by atoms with Crippen LogP contribution in [0.3, 0.4) is 0 Å². The Morgan fingerprint density at radius 3 is 2.59 bits per heavy atom. The molecule has 6 heteroatoms. The van der Waals surface area contributed by atoms with Gasteiger partial charge in [0, 0.05) is 13.6 Å². The van der Waals surface area contributed by atoms with Crippen LogP contribution in [-0.2, 0) is 6.54 Å². The third-order valence-corrected chi connectivity index (χ3v) is 4.26. The number of hydrogen-bond donors (Lipinski definition) is 2. The van der Waals surface area contributed by atoms with Crippen molar-refractivity contribution in [2.45, 2.75) is 58.9 Å². The van der Waals surface area contributed by atoms with Crippen molar-refractivity contribution >= 4 is 29.9 Å². The summed E-state index contributed by atoms with van der Waals surface area (Å²) < 4.78 is 5.55. The van der Waals surface area contributed by atoms with Crippen LogP contribution in [0.25, 0.3) is 0 Å². The zero-order valence-corrected chi connectivity index (χ0v) is 16.3. The Hall–Kier alpha value is -0.790. The molecule has 1 aliphatic carbocycles. The molecule has 0 unspecified atom stereocenters. The van der Waals surface area contributed by atoms with Crippen molar-refractivity contribution < 1.29 is 4.42 Å². The zero-order valence-electron chi connectivity index (χ0n) is 13.9. The van der Waals surface area contributed by atoms with E-state index >= 15 is 0 Å². The van der Waals surface area contributed by atoms with Crippen LogP contribution in [0.4, 0.5) is 0 Å². The molecule has 5 nitrogen and oxygen atoms in total. The van der Waals surface area contributed by atoms with Gasteiger partial charge in [-0.15, -0.1) is 24.0 Å². The normalized spacial score (nSPS) is 15.7. The molecule has 2 rings (SSSR count). The van der Waals surface area contributed by atoms with Crippen LogP contribution in [-0.4, -0.2) is 24.5 Å². The lowest BCUT2D eigenvalue weighted by molar-refractivity contribution is 0.462. The average molecular weight is 420 g/mol. The van der Waals surface area contributed by atoms with E-state index in [0.29, 0.717) is 12.4 Å². The summed E-state index contributed by atoms with van der Waals surface area (Å²) >= 11 is 0. The van der Waals surface area contributed by atoms with Gasteiger partial charge in [0.15, 0.2) is 5.96 Å². The summed E-state index contributed by atoms with van der Waals surface area (Å²) in [5.41, 5.74) is 0.950. The summed E-state index contributed by atoms with van der Waals surface area (Å²) in [6.07, 6.45) is 8.25. The van der Waals surface area contributed by atoms with Crippen molar-refractivity contribution in [3.05, 3.63) is 17.3 Å². The van der Waals surface area contributed by atoms with Gasteiger partial charge in [-0.1, -0.05) is 25.7 Å². The molecule has 0 aromatic carbocycles. The van der Waals surface area contributed by atoms with Gasteiger partial charge in [0.25, 0.3) is 0 Å².